The van der Waals surface area contributed by atoms with Crippen molar-refractivity contribution in [3.05, 3.63) is 10.6 Å². The lowest BCUT2D eigenvalue weighted by molar-refractivity contribution is -0.893. The number of likely N-dealkylation sites (tertiary alicyclic amines) is 2. The second-order valence-electron chi connectivity index (χ2n) is 9.40. The van der Waals surface area contributed by atoms with Crippen molar-refractivity contribution in [3.63, 3.8) is 0 Å². The van der Waals surface area contributed by atoms with Crippen molar-refractivity contribution in [2.24, 2.45) is 11.8 Å². The van der Waals surface area contributed by atoms with Crippen LogP contribution in [0.15, 0.2) is 10.6 Å². The van der Waals surface area contributed by atoms with Crippen molar-refractivity contribution in [1.29, 1.82) is 0 Å². The van der Waals surface area contributed by atoms with Gasteiger partial charge < -0.3 is 24.5 Å². The number of aliphatic carboxylic acids is 1. The summed E-state index contributed by atoms with van der Waals surface area (Å²) in [6.45, 7) is 5.96. The molecule has 0 aromatic rings. The Hall–Kier alpha value is -1.58. The molecule has 29 heavy (non-hydrogen) atoms. The molecule has 0 unspecified atom stereocenters. The second kappa shape index (κ2) is 6.99. The molecule has 4 aliphatic rings. The molecule has 3 fully saturated rings. The summed E-state index contributed by atoms with van der Waals surface area (Å²) in [5.41, 5.74) is 0.0669. The molecule has 0 saturated carbocycles. The standard InChI is InChI=1S/C20H29N3O5S/c1-10-15-14(11(2)24)19(26)22(15)16(20(27)28)17(10)29-12-8-13(23(3,4)9-12)18(25)21-6-5-7-21/h10-15,24H,5-9H2,1-4H3/p+1/t10-,11-,12+,13+,14-,15-/m1/s1. The maximum Gasteiger partial charge on any atom is 0.353 e. The molecule has 4 rings (SSSR count). The van der Waals surface area contributed by atoms with Gasteiger partial charge in [0.15, 0.2) is 6.04 Å². The van der Waals surface area contributed by atoms with Crippen LogP contribution in [0.1, 0.15) is 26.7 Å². The van der Waals surface area contributed by atoms with E-state index in [1.807, 2.05) is 11.8 Å². The number of hydrogen-bond acceptors (Lipinski definition) is 5. The molecule has 0 spiro atoms. The molecule has 2 amide bonds. The Morgan fingerprint density at radius 3 is 2.45 bits per heavy atom. The smallest absolute Gasteiger partial charge is 0.353 e. The van der Waals surface area contributed by atoms with Crippen molar-refractivity contribution in [2.45, 2.75) is 50.1 Å². The number of likely N-dealkylation sites (N-methyl/N-ethyl adjacent to an activating group) is 1. The molecule has 0 aliphatic carbocycles. The lowest BCUT2D eigenvalue weighted by Gasteiger charge is -2.46. The van der Waals surface area contributed by atoms with Crippen molar-refractivity contribution in [2.75, 3.05) is 33.7 Å². The summed E-state index contributed by atoms with van der Waals surface area (Å²) in [6, 6.07) is -0.402. The van der Waals surface area contributed by atoms with Crippen LogP contribution in [-0.2, 0) is 14.4 Å². The number of β-lactam (4-membered cyclic amide) rings is 1. The summed E-state index contributed by atoms with van der Waals surface area (Å²) in [4.78, 5) is 41.3. The van der Waals surface area contributed by atoms with E-state index in [-0.39, 0.29) is 40.8 Å². The van der Waals surface area contributed by atoms with Crippen LogP contribution < -0.4 is 0 Å². The van der Waals surface area contributed by atoms with Crippen LogP contribution in [0, 0.1) is 11.8 Å². The number of amides is 2. The third-order valence-corrected chi connectivity index (χ3v) is 8.56. The van der Waals surface area contributed by atoms with Crippen LogP contribution >= 0.6 is 11.8 Å². The lowest BCUT2D eigenvalue weighted by Crippen LogP contribution is -2.63. The van der Waals surface area contributed by atoms with E-state index in [0.29, 0.717) is 15.8 Å². The zero-order valence-electron chi connectivity index (χ0n) is 17.4. The largest absolute Gasteiger partial charge is 0.477 e. The van der Waals surface area contributed by atoms with Gasteiger partial charge in [-0.15, -0.1) is 11.8 Å². The molecule has 0 aromatic carbocycles. The first kappa shape index (κ1) is 20.7. The Bertz CT molecular complexity index is 791. The number of aliphatic hydroxyl groups is 1. The third-order valence-electron chi connectivity index (χ3n) is 7.06. The normalized spacial score (nSPS) is 36.6. The Kier molecular flexibility index (Phi) is 4.99. The number of carboxylic acid groups (broad SMARTS) is 1. The number of carboxylic acids is 1. The van der Waals surface area contributed by atoms with E-state index in [1.54, 1.807) is 6.92 Å². The quantitative estimate of drug-likeness (QED) is 0.487. The fourth-order valence-corrected chi connectivity index (χ4v) is 7.10. The molecule has 0 aromatic heterocycles. The number of rotatable bonds is 5. The topological polar surface area (TPSA) is 98.1 Å². The maximum absolute atomic E-state index is 12.9. The van der Waals surface area contributed by atoms with Crippen LogP contribution in [0.4, 0.5) is 0 Å². The molecular formula is C20H30N3O5S+. The number of thioether (sulfide) groups is 1. The van der Waals surface area contributed by atoms with Gasteiger partial charge >= 0.3 is 5.97 Å². The molecule has 2 N–H and O–H groups in total. The second-order valence-corrected chi connectivity index (χ2v) is 10.7. The number of aliphatic hydroxyl groups excluding tert-OH is 1. The fourth-order valence-electron chi connectivity index (χ4n) is 5.35. The number of carbonyl (C=O) groups excluding carboxylic acids is 2. The van der Waals surface area contributed by atoms with Gasteiger partial charge in [0.25, 0.3) is 5.91 Å². The molecule has 6 atom stereocenters. The Labute approximate surface area is 175 Å². The van der Waals surface area contributed by atoms with Crippen LogP contribution in [-0.4, -0.2) is 99.4 Å². The van der Waals surface area contributed by atoms with Crippen molar-refractivity contribution < 1.29 is 29.1 Å². The molecule has 0 radical (unpaired) electrons. The summed E-state index contributed by atoms with van der Waals surface area (Å²) < 4.78 is 0.597. The van der Waals surface area contributed by atoms with E-state index in [9.17, 15) is 24.6 Å². The summed E-state index contributed by atoms with van der Waals surface area (Å²) in [5.74, 6) is -1.89. The number of nitrogens with zero attached hydrogens (tertiary/aromatic N) is 3. The van der Waals surface area contributed by atoms with E-state index in [2.05, 4.69) is 14.1 Å². The molecular weight excluding hydrogens is 394 g/mol. The summed E-state index contributed by atoms with van der Waals surface area (Å²) in [5, 5.41) is 19.9. The Balaban J connectivity index is 1.55. The minimum Gasteiger partial charge on any atom is -0.477 e. The van der Waals surface area contributed by atoms with Gasteiger partial charge in [0.2, 0.25) is 5.91 Å². The van der Waals surface area contributed by atoms with E-state index in [0.717, 1.165) is 26.1 Å². The minimum absolute atomic E-state index is 0.0669. The van der Waals surface area contributed by atoms with Gasteiger partial charge in [0.1, 0.15) is 5.70 Å². The predicted molar refractivity (Wildman–Crippen MR) is 108 cm³/mol. The maximum atomic E-state index is 12.9. The van der Waals surface area contributed by atoms with E-state index >= 15 is 0 Å². The van der Waals surface area contributed by atoms with Gasteiger partial charge in [-0.2, -0.15) is 0 Å². The average Bonchev–Trinajstić information content (AvgIpc) is 2.98. The molecule has 0 bridgehead atoms. The highest BCUT2D eigenvalue weighted by Gasteiger charge is 2.60. The first-order chi connectivity index (χ1) is 13.5. The summed E-state index contributed by atoms with van der Waals surface area (Å²) in [6.07, 6.45) is 0.965. The Morgan fingerprint density at radius 1 is 1.28 bits per heavy atom. The number of quaternary nitrogens is 1. The average molecular weight is 425 g/mol. The van der Waals surface area contributed by atoms with Gasteiger partial charge in [-0.1, -0.05) is 6.92 Å². The highest BCUT2D eigenvalue weighted by atomic mass is 32.2. The number of fused-ring (bicyclic) bond motifs is 1. The SMILES string of the molecule is C[C@@H](O)[C@H]1C(=O)N2C(C(=O)O)=C(S[C@H]3C[C@@H](C(=O)N4CCC4)[N+](C)(C)C3)[C@H](C)[C@H]12. The molecule has 160 valence electrons. The molecule has 4 aliphatic heterocycles. The highest BCUT2D eigenvalue weighted by Crippen LogP contribution is 2.52. The first-order valence-corrected chi connectivity index (χ1v) is 11.2. The van der Waals surface area contributed by atoms with Crippen molar-refractivity contribution in [3.8, 4) is 0 Å². The van der Waals surface area contributed by atoms with Gasteiger partial charge in [-0.3, -0.25) is 9.59 Å². The minimum atomic E-state index is -1.10. The molecule has 8 nitrogen and oxygen atoms in total. The van der Waals surface area contributed by atoms with E-state index in [4.69, 9.17) is 0 Å². The molecule has 9 heteroatoms. The number of carbonyl (C=O) groups is 3. The number of hydrogen-bond donors (Lipinski definition) is 2. The van der Waals surface area contributed by atoms with Gasteiger partial charge in [-0.05, 0) is 13.3 Å². The molecule has 4 heterocycles. The van der Waals surface area contributed by atoms with Crippen LogP contribution in [0.3, 0.4) is 0 Å². The van der Waals surface area contributed by atoms with Gasteiger partial charge in [0.05, 0.1) is 44.0 Å². The zero-order valence-corrected chi connectivity index (χ0v) is 18.2. The van der Waals surface area contributed by atoms with E-state index < -0.39 is 18.0 Å². The van der Waals surface area contributed by atoms with Gasteiger partial charge in [0, 0.05) is 30.3 Å². The fraction of sp³-hybridized carbons (Fsp3) is 0.750. The third kappa shape index (κ3) is 3.09. The van der Waals surface area contributed by atoms with Crippen LogP contribution in [0.2, 0.25) is 0 Å². The van der Waals surface area contributed by atoms with Crippen molar-refractivity contribution in [1.82, 2.24) is 9.80 Å². The van der Waals surface area contributed by atoms with E-state index in [1.165, 1.54) is 16.7 Å². The summed E-state index contributed by atoms with van der Waals surface area (Å²) in [7, 11) is 4.13. The zero-order chi connectivity index (χ0) is 21.2. The highest BCUT2D eigenvalue weighted by molar-refractivity contribution is 8.03. The monoisotopic (exact) mass is 424 g/mol. The van der Waals surface area contributed by atoms with Crippen molar-refractivity contribution >= 4 is 29.5 Å². The van der Waals surface area contributed by atoms with Gasteiger partial charge in [-0.25, -0.2) is 4.79 Å². The predicted octanol–water partition coefficient (Wildman–Crippen LogP) is 0.323. The first-order valence-electron chi connectivity index (χ1n) is 10.3. The van der Waals surface area contributed by atoms with Crippen LogP contribution in [0.5, 0.6) is 0 Å². The summed E-state index contributed by atoms with van der Waals surface area (Å²) >= 11 is 1.52. The lowest BCUT2D eigenvalue weighted by atomic mass is 9.79. The molecule has 3 saturated heterocycles. The van der Waals surface area contributed by atoms with Crippen LogP contribution in [0.25, 0.3) is 0 Å². The Morgan fingerprint density at radius 2 is 1.93 bits per heavy atom.